The molecule has 1 aliphatic rings. The number of nitrogens with two attached hydrogens (primary N) is 1. The molecular weight excluding hydrogens is 472 g/mol. The fourth-order valence-electron chi connectivity index (χ4n) is 4.82. The van der Waals surface area contributed by atoms with E-state index in [2.05, 4.69) is 22.3 Å². The van der Waals surface area contributed by atoms with E-state index in [0.717, 1.165) is 48.4 Å². The van der Waals surface area contributed by atoms with Gasteiger partial charge < -0.3 is 16.0 Å². The lowest BCUT2D eigenvalue weighted by atomic mass is 9.93. The Kier molecular flexibility index (Phi) is 8.62. The number of halogens is 1. The standard InChI is InChI=1S/C29H33ClN4O2/c1-21-26(14-13-25(28(31)35)27(21)23-9-11-24(30)12-10-23)34(20-19-33-17-5-6-18-33)29(36)32-16-15-22-7-3-2-4-8-22/h2-4,7-14H,5-6,15-20H2,1H3,(H2,31,35)(H,32,36). The molecule has 36 heavy (non-hydrogen) atoms. The van der Waals surface area contributed by atoms with Crippen LogP contribution in [0.3, 0.4) is 0 Å². The monoisotopic (exact) mass is 504 g/mol. The third kappa shape index (κ3) is 6.25. The fraction of sp³-hybridized carbons (Fsp3) is 0.310. The third-order valence-electron chi connectivity index (χ3n) is 6.74. The number of carbonyl (C=O) groups excluding carboxylic acids is 2. The summed E-state index contributed by atoms with van der Waals surface area (Å²) < 4.78 is 0. The first-order valence-electron chi connectivity index (χ1n) is 12.4. The van der Waals surface area contributed by atoms with E-state index in [0.29, 0.717) is 23.7 Å². The average molecular weight is 505 g/mol. The molecule has 3 aromatic rings. The van der Waals surface area contributed by atoms with Gasteiger partial charge in [0.25, 0.3) is 0 Å². The Morgan fingerprint density at radius 3 is 2.36 bits per heavy atom. The molecule has 0 unspecified atom stereocenters. The van der Waals surface area contributed by atoms with Crippen molar-refractivity contribution in [3.8, 4) is 11.1 Å². The van der Waals surface area contributed by atoms with Gasteiger partial charge in [0.05, 0.1) is 0 Å². The molecule has 1 heterocycles. The van der Waals surface area contributed by atoms with Crippen molar-refractivity contribution in [2.75, 3.05) is 37.6 Å². The second-order valence-electron chi connectivity index (χ2n) is 9.17. The zero-order valence-corrected chi connectivity index (χ0v) is 21.4. The van der Waals surface area contributed by atoms with Gasteiger partial charge in [-0.1, -0.05) is 54.1 Å². The largest absolute Gasteiger partial charge is 0.366 e. The van der Waals surface area contributed by atoms with E-state index >= 15 is 0 Å². The summed E-state index contributed by atoms with van der Waals surface area (Å²) in [6.07, 6.45) is 3.13. The molecule has 3 N–H and O–H groups in total. The summed E-state index contributed by atoms with van der Waals surface area (Å²) in [6, 6.07) is 20.8. The summed E-state index contributed by atoms with van der Waals surface area (Å²) in [5, 5.41) is 3.71. The second kappa shape index (κ2) is 12.1. The highest BCUT2D eigenvalue weighted by Gasteiger charge is 2.24. The molecule has 0 aromatic heterocycles. The van der Waals surface area contributed by atoms with E-state index in [9.17, 15) is 9.59 Å². The van der Waals surface area contributed by atoms with E-state index < -0.39 is 5.91 Å². The van der Waals surface area contributed by atoms with Gasteiger partial charge in [-0.15, -0.1) is 0 Å². The zero-order valence-electron chi connectivity index (χ0n) is 20.7. The second-order valence-corrected chi connectivity index (χ2v) is 9.61. The number of carbonyl (C=O) groups is 2. The van der Waals surface area contributed by atoms with E-state index in [4.69, 9.17) is 17.3 Å². The van der Waals surface area contributed by atoms with Crippen molar-refractivity contribution in [2.24, 2.45) is 5.73 Å². The number of primary amides is 1. The minimum Gasteiger partial charge on any atom is -0.366 e. The van der Waals surface area contributed by atoms with Crippen molar-refractivity contribution in [1.82, 2.24) is 10.2 Å². The maximum Gasteiger partial charge on any atom is 0.321 e. The van der Waals surface area contributed by atoms with Crippen LogP contribution in [-0.2, 0) is 6.42 Å². The van der Waals surface area contributed by atoms with Gasteiger partial charge in [0.2, 0.25) is 5.91 Å². The summed E-state index contributed by atoms with van der Waals surface area (Å²) in [5.41, 5.74) is 10.5. The predicted octanol–water partition coefficient (Wildman–Crippen LogP) is 5.27. The van der Waals surface area contributed by atoms with Crippen molar-refractivity contribution in [2.45, 2.75) is 26.2 Å². The highest BCUT2D eigenvalue weighted by atomic mass is 35.5. The van der Waals surface area contributed by atoms with Crippen LogP contribution in [0.2, 0.25) is 5.02 Å². The molecule has 0 spiro atoms. The Balaban J connectivity index is 1.63. The quantitative estimate of drug-likeness (QED) is 0.416. The molecule has 3 amide bonds. The van der Waals surface area contributed by atoms with Gasteiger partial charge in [0.1, 0.15) is 0 Å². The summed E-state index contributed by atoms with van der Waals surface area (Å²) >= 11 is 6.10. The first-order valence-corrected chi connectivity index (χ1v) is 12.8. The summed E-state index contributed by atoms with van der Waals surface area (Å²) in [6.45, 7) is 5.92. The molecule has 0 aliphatic carbocycles. The Morgan fingerprint density at radius 1 is 1.00 bits per heavy atom. The Morgan fingerprint density at radius 2 is 1.69 bits per heavy atom. The minimum absolute atomic E-state index is 0.151. The maximum absolute atomic E-state index is 13.5. The molecule has 4 rings (SSSR count). The first-order chi connectivity index (χ1) is 17.4. The van der Waals surface area contributed by atoms with Gasteiger partial charge in [-0.3, -0.25) is 9.69 Å². The fourth-order valence-corrected chi connectivity index (χ4v) is 4.95. The van der Waals surface area contributed by atoms with E-state index in [-0.39, 0.29) is 6.03 Å². The minimum atomic E-state index is -0.509. The number of hydrogen-bond donors (Lipinski definition) is 2. The van der Waals surface area contributed by atoms with Gasteiger partial charge >= 0.3 is 6.03 Å². The lowest BCUT2D eigenvalue weighted by Crippen LogP contribution is -2.45. The lowest BCUT2D eigenvalue weighted by Gasteiger charge is -2.28. The molecule has 0 atom stereocenters. The van der Waals surface area contributed by atoms with Crippen LogP contribution in [0.5, 0.6) is 0 Å². The molecule has 0 radical (unpaired) electrons. The van der Waals surface area contributed by atoms with Crippen LogP contribution in [0.4, 0.5) is 10.5 Å². The molecule has 7 heteroatoms. The van der Waals surface area contributed by atoms with Gasteiger partial charge in [-0.2, -0.15) is 0 Å². The number of amides is 3. The predicted molar refractivity (Wildman–Crippen MR) is 147 cm³/mol. The van der Waals surface area contributed by atoms with Crippen LogP contribution >= 0.6 is 11.6 Å². The average Bonchev–Trinajstić information content (AvgIpc) is 3.40. The highest BCUT2D eigenvalue weighted by Crippen LogP contribution is 2.35. The van der Waals surface area contributed by atoms with Crippen molar-refractivity contribution in [3.05, 3.63) is 88.4 Å². The van der Waals surface area contributed by atoms with Crippen LogP contribution in [-0.4, -0.2) is 49.6 Å². The first kappa shape index (κ1) is 25.7. The molecule has 3 aromatic carbocycles. The number of rotatable bonds is 9. The van der Waals surface area contributed by atoms with Crippen LogP contribution in [0.1, 0.15) is 34.3 Å². The van der Waals surface area contributed by atoms with Crippen molar-refractivity contribution in [1.29, 1.82) is 0 Å². The normalized spacial score (nSPS) is 13.5. The summed E-state index contributed by atoms with van der Waals surface area (Å²) in [5.74, 6) is -0.509. The van der Waals surface area contributed by atoms with Crippen LogP contribution < -0.4 is 16.0 Å². The zero-order chi connectivity index (χ0) is 25.5. The Hall–Kier alpha value is -3.35. The van der Waals surface area contributed by atoms with E-state index in [1.807, 2.05) is 43.3 Å². The van der Waals surface area contributed by atoms with E-state index in [1.165, 1.54) is 18.4 Å². The third-order valence-corrected chi connectivity index (χ3v) is 6.99. The smallest absolute Gasteiger partial charge is 0.321 e. The molecule has 0 saturated carbocycles. The van der Waals surface area contributed by atoms with Gasteiger partial charge in [-0.05, 0) is 85.8 Å². The molecule has 6 nitrogen and oxygen atoms in total. The molecule has 1 aliphatic heterocycles. The molecular formula is C29H33ClN4O2. The number of anilines is 1. The number of likely N-dealkylation sites (tertiary alicyclic amines) is 1. The van der Waals surface area contributed by atoms with Gasteiger partial charge in [0.15, 0.2) is 0 Å². The van der Waals surface area contributed by atoms with Gasteiger partial charge in [-0.25, -0.2) is 4.79 Å². The van der Waals surface area contributed by atoms with E-state index in [1.54, 1.807) is 23.1 Å². The molecule has 1 saturated heterocycles. The van der Waals surface area contributed by atoms with Gasteiger partial charge in [0, 0.05) is 35.9 Å². The molecule has 1 fully saturated rings. The SMILES string of the molecule is Cc1c(N(CCN2CCCC2)C(=O)NCCc2ccccc2)ccc(C(N)=O)c1-c1ccc(Cl)cc1. The lowest BCUT2D eigenvalue weighted by molar-refractivity contribution is 0.100. The van der Waals surface area contributed by atoms with Crippen LogP contribution in [0.25, 0.3) is 11.1 Å². The van der Waals surface area contributed by atoms with Crippen molar-refractivity contribution >= 4 is 29.2 Å². The molecule has 0 bridgehead atoms. The highest BCUT2D eigenvalue weighted by molar-refractivity contribution is 6.30. The molecule has 188 valence electrons. The topological polar surface area (TPSA) is 78.7 Å². The summed E-state index contributed by atoms with van der Waals surface area (Å²) in [4.78, 5) is 30.0. The van der Waals surface area contributed by atoms with Crippen LogP contribution in [0, 0.1) is 6.92 Å². The maximum atomic E-state index is 13.5. The van der Waals surface area contributed by atoms with Crippen molar-refractivity contribution < 1.29 is 9.59 Å². The van der Waals surface area contributed by atoms with Crippen LogP contribution in [0.15, 0.2) is 66.7 Å². The number of urea groups is 1. The summed E-state index contributed by atoms with van der Waals surface area (Å²) in [7, 11) is 0. The number of nitrogens with one attached hydrogen (secondary N) is 1. The number of hydrogen-bond acceptors (Lipinski definition) is 3. The number of benzene rings is 3. The van der Waals surface area contributed by atoms with Crippen molar-refractivity contribution in [3.63, 3.8) is 0 Å². The Labute approximate surface area is 218 Å². The number of nitrogens with zero attached hydrogens (tertiary/aromatic N) is 2. The Bertz CT molecular complexity index is 1190.